The molecule has 0 bridgehead atoms. The van der Waals surface area contributed by atoms with Crippen LogP contribution in [0.2, 0.25) is 0 Å². The highest BCUT2D eigenvalue weighted by atomic mass is 31.2. The van der Waals surface area contributed by atoms with E-state index in [2.05, 4.69) is 9.84 Å². The van der Waals surface area contributed by atoms with Crippen molar-refractivity contribution in [2.75, 3.05) is 6.61 Å². The Morgan fingerprint density at radius 1 is 1.21 bits per heavy atom. The first-order chi connectivity index (χ1) is 13.6. The van der Waals surface area contributed by atoms with Crippen molar-refractivity contribution in [2.24, 2.45) is 5.73 Å². The summed E-state index contributed by atoms with van der Waals surface area (Å²) in [4.78, 5) is 54.6. The van der Waals surface area contributed by atoms with Crippen LogP contribution < -0.4 is 16.1 Å². The topological polar surface area (TPSA) is 205 Å². The fourth-order valence-electron chi connectivity index (χ4n) is 2.07. The molecular weight excluding hydrogens is 409 g/mol. The Labute approximate surface area is 165 Å². The summed E-state index contributed by atoms with van der Waals surface area (Å²) < 4.78 is 16.6. The third-order valence-electron chi connectivity index (χ3n) is 3.63. The smallest absolute Gasteiger partial charge is 0.403 e. The molecule has 0 fully saturated rings. The molecular formula is C16H22N3O9P. The van der Waals surface area contributed by atoms with E-state index in [9.17, 15) is 33.7 Å². The van der Waals surface area contributed by atoms with Gasteiger partial charge in [0.1, 0.15) is 6.29 Å². The normalized spacial score (nSPS) is 15.0. The van der Waals surface area contributed by atoms with Gasteiger partial charge in [0.25, 0.3) is 5.91 Å². The number of aliphatic carboxylic acids is 2. The van der Waals surface area contributed by atoms with Gasteiger partial charge in [-0.25, -0.2) is 14.4 Å². The van der Waals surface area contributed by atoms with Crippen LogP contribution in [0.1, 0.15) is 28.8 Å². The average molecular weight is 431 g/mol. The van der Waals surface area contributed by atoms with Gasteiger partial charge in [0.2, 0.25) is 0 Å². The number of aldehydes is 1. The van der Waals surface area contributed by atoms with Gasteiger partial charge in [-0.1, -0.05) is 12.1 Å². The van der Waals surface area contributed by atoms with Gasteiger partial charge in [-0.05, 0) is 24.1 Å². The van der Waals surface area contributed by atoms with Crippen molar-refractivity contribution in [3.05, 3.63) is 35.4 Å². The standard InChI is InChI=1S/C16H22N3O9P/c17-7-10-1-3-11(4-2-10)15(23)18-13(16(24)25)9-28-29(26,27)19-12(8-20)5-6-14(21)22/h1-4,8,12-13H,5-7,9,17H2,(H,18,23)(H,21,22)(H,24,25)(H2,19,26,27)/t12-,13-/m0/s1. The number of rotatable bonds is 13. The molecule has 1 aromatic rings. The minimum atomic E-state index is -4.65. The second-order valence-electron chi connectivity index (χ2n) is 5.89. The summed E-state index contributed by atoms with van der Waals surface area (Å²) in [5.74, 6) is -3.48. The van der Waals surface area contributed by atoms with E-state index in [4.69, 9.17) is 10.8 Å². The number of carbonyl (C=O) groups excluding carboxylic acids is 2. The SMILES string of the molecule is NCc1ccc(C(=O)N[C@@H](COP(=O)(O)N[C@H](C=O)CCC(=O)O)C(=O)O)cc1. The van der Waals surface area contributed by atoms with Crippen LogP contribution in [0.25, 0.3) is 0 Å². The van der Waals surface area contributed by atoms with Crippen molar-refractivity contribution in [3.63, 3.8) is 0 Å². The molecule has 0 saturated carbocycles. The zero-order valence-corrected chi connectivity index (χ0v) is 16.1. The van der Waals surface area contributed by atoms with Crippen molar-refractivity contribution in [2.45, 2.75) is 31.5 Å². The summed E-state index contributed by atoms with van der Waals surface area (Å²) in [7, 11) is -4.65. The molecule has 1 rings (SSSR count). The molecule has 0 aliphatic carbocycles. The quantitative estimate of drug-likeness (QED) is 0.173. The van der Waals surface area contributed by atoms with E-state index in [1.165, 1.54) is 12.1 Å². The number of hydrogen-bond acceptors (Lipinski definition) is 7. The van der Waals surface area contributed by atoms with Crippen LogP contribution in [0, 0.1) is 0 Å². The van der Waals surface area contributed by atoms with Crippen molar-refractivity contribution in [3.8, 4) is 0 Å². The molecule has 0 aliphatic rings. The molecule has 12 nitrogen and oxygen atoms in total. The van der Waals surface area contributed by atoms with Crippen LogP contribution in [0.3, 0.4) is 0 Å². The van der Waals surface area contributed by atoms with Crippen molar-refractivity contribution >= 4 is 31.9 Å². The molecule has 3 atom stereocenters. The van der Waals surface area contributed by atoms with Crippen LogP contribution in [0.5, 0.6) is 0 Å². The summed E-state index contributed by atoms with van der Waals surface area (Å²) in [6.45, 7) is -0.617. The maximum atomic E-state index is 12.1. The van der Waals surface area contributed by atoms with Gasteiger partial charge in [-0.3, -0.25) is 14.1 Å². The second-order valence-corrected chi connectivity index (χ2v) is 7.44. The molecule has 1 unspecified atom stereocenters. The van der Waals surface area contributed by atoms with Crippen LogP contribution in [0.15, 0.2) is 24.3 Å². The first-order valence-electron chi connectivity index (χ1n) is 8.33. The van der Waals surface area contributed by atoms with Crippen LogP contribution in [0.4, 0.5) is 0 Å². The molecule has 1 amide bonds. The summed E-state index contributed by atoms with van der Waals surface area (Å²) in [6.07, 6.45) is -0.478. The number of carbonyl (C=O) groups is 4. The number of hydrogen-bond donors (Lipinski definition) is 6. The molecule has 0 saturated heterocycles. The van der Waals surface area contributed by atoms with Crippen LogP contribution in [-0.2, 0) is 30.0 Å². The van der Waals surface area contributed by atoms with Crippen molar-refractivity contribution in [1.29, 1.82) is 0 Å². The van der Waals surface area contributed by atoms with Crippen molar-refractivity contribution < 1.29 is 43.4 Å². The summed E-state index contributed by atoms with van der Waals surface area (Å²) in [5.41, 5.74) is 6.36. The van der Waals surface area contributed by atoms with Gasteiger partial charge in [0, 0.05) is 18.5 Å². The third kappa shape index (κ3) is 8.94. The Kier molecular flexibility index (Phi) is 9.59. The monoisotopic (exact) mass is 431 g/mol. The molecule has 160 valence electrons. The molecule has 0 spiro atoms. The van der Waals surface area contributed by atoms with Crippen molar-refractivity contribution in [1.82, 2.24) is 10.4 Å². The fraction of sp³-hybridized carbons (Fsp3) is 0.375. The van der Waals surface area contributed by atoms with Gasteiger partial charge in [-0.15, -0.1) is 0 Å². The highest BCUT2D eigenvalue weighted by molar-refractivity contribution is 7.50. The van der Waals surface area contributed by atoms with E-state index in [0.717, 1.165) is 5.56 Å². The number of carboxylic acids is 2. The van der Waals surface area contributed by atoms with Crippen LogP contribution in [-0.4, -0.2) is 57.9 Å². The average Bonchev–Trinajstić information content (AvgIpc) is 2.67. The van der Waals surface area contributed by atoms with Gasteiger partial charge < -0.3 is 31.0 Å². The summed E-state index contributed by atoms with van der Waals surface area (Å²) in [6, 6.07) is 3.10. The van der Waals surface area contributed by atoms with E-state index >= 15 is 0 Å². The van der Waals surface area contributed by atoms with E-state index in [0.29, 0.717) is 0 Å². The summed E-state index contributed by atoms with van der Waals surface area (Å²) in [5, 5.41) is 21.9. The minimum Gasteiger partial charge on any atom is -0.481 e. The number of benzene rings is 1. The first kappa shape index (κ1) is 24.4. The van der Waals surface area contributed by atoms with Gasteiger partial charge in [0.05, 0.1) is 12.6 Å². The molecule has 13 heteroatoms. The van der Waals surface area contributed by atoms with Gasteiger partial charge in [-0.2, -0.15) is 0 Å². The number of nitrogens with two attached hydrogens (primary N) is 1. The van der Waals surface area contributed by atoms with Crippen LogP contribution >= 0.6 is 7.75 Å². The van der Waals surface area contributed by atoms with E-state index in [-0.39, 0.29) is 24.8 Å². The molecule has 0 aliphatic heterocycles. The molecule has 1 aromatic carbocycles. The lowest BCUT2D eigenvalue weighted by Crippen LogP contribution is -2.44. The zero-order valence-electron chi connectivity index (χ0n) is 15.2. The predicted molar refractivity (Wildman–Crippen MR) is 98.9 cm³/mol. The lowest BCUT2D eigenvalue weighted by molar-refractivity contribution is -0.140. The Morgan fingerprint density at radius 2 is 1.83 bits per heavy atom. The predicted octanol–water partition coefficient (Wildman–Crippen LogP) is -0.533. The largest absolute Gasteiger partial charge is 0.481 e. The molecule has 0 radical (unpaired) electrons. The Hall–Kier alpha value is -2.63. The maximum Gasteiger partial charge on any atom is 0.403 e. The highest BCUT2D eigenvalue weighted by Crippen LogP contribution is 2.37. The molecule has 7 N–H and O–H groups in total. The lowest BCUT2D eigenvalue weighted by atomic mass is 10.1. The Balaban J connectivity index is 2.68. The second kappa shape index (κ2) is 11.4. The Bertz CT molecular complexity index is 784. The van der Waals surface area contributed by atoms with Gasteiger partial charge >= 0.3 is 19.7 Å². The van der Waals surface area contributed by atoms with E-state index < -0.39 is 50.7 Å². The van der Waals surface area contributed by atoms with E-state index in [1.54, 1.807) is 12.1 Å². The first-order valence-corrected chi connectivity index (χ1v) is 9.90. The maximum absolute atomic E-state index is 12.1. The van der Waals surface area contributed by atoms with Gasteiger partial charge in [0.15, 0.2) is 6.04 Å². The summed E-state index contributed by atoms with van der Waals surface area (Å²) >= 11 is 0. The lowest BCUT2D eigenvalue weighted by Gasteiger charge is -2.20. The third-order valence-corrected chi connectivity index (χ3v) is 4.79. The van der Waals surface area contributed by atoms with E-state index in [1.807, 2.05) is 5.09 Å². The number of nitrogens with one attached hydrogen (secondary N) is 2. The fourth-order valence-corrected chi connectivity index (χ4v) is 3.11. The molecule has 0 aromatic heterocycles. The molecule has 0 heterocycles. The Morgan fingerprint density at radius 3 is 2.31 bits per heavy atom. The molecule has 29 heavy (non-hydrogen) atoms. The highest BCUT2D eigenvalue weighted by Gasteiger charge is 2.29. The number of carboxylic acid groups (broad SMARTS) is 2. The number of amides is 1. The zero-order chi connectivity index (χ0) is 22.0. The minimum absolute atomic E-state index is 0.147.